The van der Waals surface area contributed by atoms with Crippen molar-refractivity contribution in [3.05, 3.63) is 0 Å². The summed E-state index contributed by atoms with van der Waals surface area (Å²) < 4.78 is 0. The van der Waals surface area contributed by atoms with Gasteiger partial charge in [0.1, 0.15) is 6.04 Å². The summed E-state index contributed by atoms with van der Waals surface area (Å²) in [5, 5.41) is 3.34. The molecule has 2 amide bonds. The Morgan fingerprint density at radius 1 is 1.41 bits per heavy atom. The largest absolute Gasteiger partial charge is 0.347 e. The molecule has 17 heavy (non-hydrogen) atoms. The zero-order chi connectivity index (χ0) is 12.6. The summed E-state index contributed by atoms with van der Waals surface area (Å²) in [6.45, 7) is 2.49. The maximum Gasteiger partial charge on any atom is 0.244 e. The molecule has 0 spiro atoms. The van der Waals surface area contributed by atoms with E-state index in [1.165, 1.54) is 12.8 Å². The highest BCUT2D eigenvalue weighted by Gasteiger charge is 2.39. The zero-order valence-corrected chi connectivity index (χ0v) is 10.8. The first kappa shape index (κ1) is 12.4. The normalized spacial score (nSPS) is 26.2. The van der Waals surface area contributed by atoms with Crippen LogP contribution in [0.4, 0.5) is 0 Å². The Labute approximate surface area is 102 Å². The third kappa shape index (κ3) is 2.60. The highest BCUT2D eigenvalue weighted by Crippen LogP contribution is 2.23. The van der Waals surface area contributed by atoms with Gasteiger partial charge in [-0.15, -0.1) is 0 Å². The maximum absolute atomic E-state index is 12.1. The molecule has 1 saturated carbocycles. The molecule has 1 aliphatic carbocycles. The van der Waals surface area contributed by atoms with Crippen LogP contribution in [0.2, 0.25) is 0 Å². The fraction of sp³-hybridized carbons (Fsp3) is 0.833. The number of hydrogen-bond acceptors (Lipinski definition) is 3. The van der Waals surface area contributed by atoms with Gasteiger partial charge in [0, 0.05) is 26.7 Å². The second-order valence-electron chi connectivity index (χ2n) is 5.22. The van der Waals surface area contributed by atoms with Crippen molar-refractivity contribution in [2.45, 2.75) is 44.3 Å². The fourth-order valence-corrected chi connectivity index (χ4v) is 2.28. The van der Waals surface area contributed by atoms with Gasteiger partial charge in [0.2, 0.25) is 11.8 Å². The van der Waals surface area contributed by atoms with Gasteiger partial charge in [-0.05, 0) is 26.2 Å². The zero-order valence-electron chi connectivity index (χ0n) is 10.8. The summed E-state index contributed by atoms with van der Waals surface area (Å²) in [6, 6.07) is 0.118. The lowest BCUT2D eigenvalue weighted by Crippen LogP contribution is -2.48. The average molecular weight is 239 g/mol. The molecule has 0 aromatic rings. The molecule has 2 fully saturated rings. The molecule has 0 bridgehead atoms. The lowest BCUT2D eigenvalue weighted by Gasteiger charge is -2.26. The Hall–Kier alpha value is -1.10. The van der Waals surface area contributed by atoms with Gasteiger partial charge >= 0.3 is 0 Å². The van der Waals surface area contributed by atoms with Gasteiger partial charge in [-0.2, -0.15) is 0 Å². The smallest absolute Gasteiger partial charge is 0.244 e. The topological polar surface area (TPSA) is 52.7 Å². The number of rotatable bonds is 4. The van der Waals surface area contributed by atoms with Crippen molar-refractivity contribution in [1.29, 1.82) is 0 Å². The van der Waals surface area contributed by atoms with Crippen LogP contribution in [0.5, 0.6) is 0 Å². The van der Waals surface area contributed by atoms with Crippen LogP contribution in [-0.4, -0.2) is 60.4 Å². The molecule has 5 nitrogen and oxygen atoms in total. The van der Waals surface area contributed by atoms with E-state index in [4.69, 9.17) is 0 Å². The molecule has 0 aromatic heterocycles. The molecular formula is C12H21N3O2. The van der Waals surface area contributed by atoms with Gasteiger partial charge in [0.05, 0.1) is 6.04 Å². The van der Waals surface area contributed by atoms with Gasteiger partial charge in [0.25, 0.3) is 0 Å². The minimum atomic E-state index is -0.344. The first-order valence-corrected chi connectivity index (χ1v) is 6.28. The third-order valence-corrected chi connectivity index (χ3v) is 3.52. The van der Waals surface area contributed by atoms with Gasteiger partial charge in [-0.3, -0.25) is 9.59 Å². The monoisotopic (exact) mass is 239 g/mol. The third-order valence-electron chi connectivity index (χ3n) is 3.52. The van der Waals surface area contributed by atoms with Crippen molar-refractivity contribution in [2.75, 3.05) is 20.6 Å². The standard InChI is InChI=1S/C12H21N3O2/c1-8(11(16)14(2)3)15-7-6-10(12(15)17)13-9-4-5-9/h8-10,13H,4-7H2,1-3H3. The van der Waals surface area contributed by atoms with Crippen LogP contribution in [0.15, 0.2) is 0 Å². The minimum absolute atomic E-state index is 0.00887. The molecule has 5 heteroatoms. The van der Waals surface area contributed by atoms with E-state index in [0.717, 1.165) is 6.42 Å². The van der Waals surface area contributed by atoms with E-state index in [1.54, 1.807) is 30.8 Å². The maximum atomic E-state index is 12.1. The Kier molecular flexibility index (Phi) is 3.38. The molecule has 1 N–H and O–H groups in total. The number of amides is 2. The van der Waals surface area contributed by atoms with Crippen LogP contribution in [0.25, 0.3) is 0 Å². The number of hydrogen-bond donors (Lipinski definition) is 1. The highest BCUT2D eigenvalue weighted by molar-refractivity contribution is 5.90. The van der Waals surface area contributed by atoms with Gasteiger partial charge in [0.15, 0.2) is 0 Å². The van der Waals surface area contributed by atoms with E-state index in [9.17, 15) is 9.59 Å². The number of likely N-dealkylation sites (N-methyl/N-ethyl adjacent to an activating group) is 1. The van der Waals surface area contributed by atoms with Crippen LogP contribution in [-0.2, 0) is 9.59 Å². The van der Waals surface area contributed by atoms with E-state index < -0.39 is 0 Å². The Morgan fingerprint density at radius 2 is 2.06 bits per heavy atom. The van der Waals surface area contributed by atoms with Crippen molar-refractivity contribution in [3.63, 3.8) is 0 Å². The number of likely N-dealkylation sites (tertiary alicyclic amines) is 1. The Bertz CT molecular complexity index is 326. The van der Waals surface area contributed by atoms with Crippen LogP contribution in [0.3, 0.4) is 0 Å². The molecule has 2 rings (SSSR count). The van der Waals surface area contributed by atoms with E-state index in [0.29, 0.717) is 12.6 Å². The van der Waals surface area contributed by atoms with Crippen molar-refractivity contribution in [2.24, 2.45) is 0 Å². The molecule has 96 valence electrons. The average Bonchev–Trinajstić information content (AvgIpc) is 3.02. The summed E-state index contributed by atoms with van der Waals surface area (Å²) in [4.78, 5) is 27.2. The molecule has 1 aliphatic heterocycles. The van der Waals surface area contributed by atoms with Gasteiger partial charge in [-0.25, -0.2) is 0 Å². The first-order chi connectivity index (χ1) is 8.00. The van der Waals surface area contributed by atoms with Crippen LogP contribution in [0, 0.1) is 0 Å². The van der Waals surface area contributed by atoms with Crippen molar-refractivity contribution < 1.29 is 9.59 Å². The lowest BCUT2D eigenvalue weighted by molar-refractivity contribution is -0.141. The van der Waals surface area contributed by atoms with Crippen LogP contribution in [0.1, 0.15) is 26.2 Å². The van der Waals surface area contributed by atoms with Crippen LogP contribution >= 0.6 is 0 Å². The molecule has 1 saturated heterocycles. The summed E-state index contributed by atoms with van der Waals surface area (Å²) in [6.07, 6.45) is 3.17. The molecule has 1 heterocycles. The van der Waals surface area contributed by atoms with E-state index in [-0.39, 0.29) is 23.9 Å². The Morgan fingerprint density at radius 3 is 2.59 bits per heavy atom. The first-order valence-electron chi connectivity index (χ1n) is 6.28. The van der Waals surface area contributed by atoms with Crippen molar-refractivity contribution >= 4 is 11.8 Å². The van der Waals surface area contributed by atoms with Crippen molar-refractivity contribution in [1.82, 2.24) is 15.1 Å². The summed E-state index contributed by atoms with van der Waals surface area (Å²) in [7, 11) is 3.44. The molecule has 0 aromatic carbocycles. The summed E-state index contributed by atoms with van der Waals surface area (Å²) in [5.74, 6) is 0.0741. The molecule has 2 aliphatic rings. The predicted molar refractivity (Wildman–Crippen MR) is 64.4 cm³/mol. The quantitative estimate of drug-likeness (QED) is 0.740. The SMILES string of the molecule is CC(C(=O)N(C)C)N1CCC(NC2CC2)C1=O. The van der Waals surface area contributed by atoms with Gasteiger partial charge in [-0.1, -0.05) is 0 Å². The fourth-order valence-electron chi connectivity index (χ4n) is 2.28. The number of nitrogens with zero attached hydrogens (tertiary/aromatic N) is 2. The van der Waals surface area contributed by atoms with E-state index in [1.807, 2.05) is 0 Å². The highest BCUT2D eigenvalue weighted by atomic mass is 16.2. The number of nitrogens with one attached hydrogen (secondary N) is 1. The predicted octanol–water partition coefficient (Wildman–Crippen LogP) is -0.184. The van der Waals surface area contributed by atoms with E-state index in [2.05, 4.69) is 5.32 Å². The molecule has 2 unspecified atom stereocenters. The van der Waals surface area contributed by atoms with E-state index >= 15 is 0 Å². The Balaban J connectivity index is 1.93. The molecule has 0 radical (unpaired) electrons. The second-order valence-corrected chi connectivity index (χ2v) is 5.22. The summed E-state index contributed by atoms with van der Waals surface area (Å²) >= 11 is 0. The number of carbonyl (C=O) groups is 2. The van der Waals surface area contributed by atoms with Crippen LogP contribution < -0.4 is 5.32 Å². The summed E-state index contributed by atoms with van der Waals surface area (Å²) in [5.41, 5.74) is 0. The van der Waals surface area contributed by atoms with Crippen molar-refractivity contribution in [3.8, 4) is 0 Å². The molecule has 2 atom stereocenters. The number of carbonyl (C=O) groups excluding carboxylic acids is 2. The second kappa shape index (κ2) is 4.64. The minimum Gasteiger partial charge on any atom is -0.347 e. The lowest BCUT2D eigenvalue weighted by atomic mass is 10.2. The molecular weight excluding hydrogens is 218 g/mol. The van der Waals surface area contributed by atoms with Gasteiger partial charge < -0.3 is 15.1 Å².